The third kappa shape index (κ3) is 2.92. The highest BCUT2D eigenvalue weighted by molar-refractivity contribution is 5.94. The predicted molar refractivity (Wildman–Crippen MR) is 83.1 cm³/mol. The SMILES string of the molecule is O=C(O)CCc1cc2ccccc2c(-c2ccccc2)n1. The minimum Gasteiger partial charge on any atom is -0.481 e. The summed E-state index contributed by atoms with van der Waals surface area (Å²) < 4.78 is 0. The maximum atomic E-state index is 10.8. The van der Waals surface area contributed by atoms with Crippen molar-refractivity contribution < 1.29 is 9.90 Å². The maximum absolute atomic E-state index is 10.8. The first-order valence-electron chi connectivity index (χ1n) is 6.90. The molecule has 0 atom stereocenters. The van der Waals surface area contributed by atoms with E-state index >= 15 is 0 Å². The van der Waals surface area contributed by atoms with E-state index in [0.29, 0.717) is 6.42 Å². The van der Waals surface area contributed by atoms with Gasteiger partial charge in [-0.3, -0.25) is 9.78 Å². The first-order chi connectivity index (χ1) is 10.2. The minimum atomic E-state index is -0.800. The van der Waals surface area contributed by atoms with Gasteiger partial charge in [-0.05, 0) is 11.5 Å². The molecular formula is C18H15NO2. The van der Waals surface area contributed by atoms with Gasteiger partial charge in [0.25, 0.3) is 0 Å². The van der Waals surface area contributed by atoms with Crippen LogP contribution in [-0.4, -0.2) is 16.1 Å². The number of carboxylic acids is 1. The van der Waals surface area contributed by atoms with Crippen molar-refractivity contribution in [2.75, 3.05) is 0 Å². The molecule has 21 heavy (non-hydrogen) atoms. The monoisotopic (exact) mass is 277 g/mol. The Labute approximate surface area is 122 Å². The average Bonchev–Trinajstić information content (AvgIpc) is 2.53. The summed E-state index contributed by atoms with van der Waals surface area (Å²) in [5.41, 5.74) is 2.77. The van der Waals surface area contributed by atoms with Crippen LogP contribution in [0.1, 0.15) is 12.1 Å². The molecule has 3 nitrogen and oxygen atoms in total. The molecule has 3 aromatic rings. The second-order valence-electron chi connectivity index (χ2n) is 4.94. The summed E-state index contributed by atoms with van der Waals surface area (Å²) in [6.07, 6.45) is 0.541. The molecule has 3 rings (SSSR count). The molecule has 0 unspecified atom stereocenters. The molecule has 1 N–H and O–H groups in total. The second-order valence-corrected chi connectivity index (χ2v) is 4.94. The number of pyridine rings is 1. The summed E-state index contributed by atoms with van der Waals surface area (Å²) in [6.45, 7) is 0. The number of aromatic nitrogens is 1. The zero-order chi connectivity index (χ0) is 14.7. The number of hydrogen-bond acceptors (Lipinski definition) is 2. The summed E-state index contributed by atoms with van der Waals surface area (Å²) in [6, 6.07) is 20.0. The van der Waals surface area contributed by atoms with Crippen molar-refractivity contribution in [2.24, 2.45) is 0 Å². The summed E-state index contributed by atoms with van der Waals surface area (Å²) in [5, 5.41) is 11.0. The van der Waals surface area contributed by atoms with Crippen molar-refractivity contribution in [1.29, 1.82) is 0 Å². The van der Waals surface area contributed by atoms with Crippen LogP contribution in [0.2, 0.25) is 0 Å². The number of benzene rings is 2. The van der Waals surface area contributed by atoms with Crippen LogP contribution >= 0.6 is 0 Å². The molecule has 0 aliphatic rings. The van der Waals surface area contributed by atoms with E-state index in [1.54, 1.807) is 0 Å². The van der Waals surface area contributed by atoms with Gasteiger partial charge in [0, 0.05) is 23.1 Å². The Kier molecular flexibility index (Phi) is 3.65. The van der Waals surface area contributed by atoms with Crippen LogP contribution in [0.3, 0.4) is 0 Å². The number of rotatable bonds is 4. The number of aryl methyl sites for hydroxylation is 1. The van der Waals surface area contributed by atoms with Crippen molar-refractivity contribution in [2.45, 2.75) is 12.8 Å². The van der Waals surface area contributed by atoms with Gasteiger partial charge in [0.2, 0.25) is 0 Å². The lowest BCUT2D eigenvalue weighted by Gasteiger charge is -2.09. The van der Waals surface area contributed by atoms with Gasteiger partial charge in [0.05, 0.1) is 12.1 Å². The molecule has 3 heteroatoms. The smallest absolute Gasteiger partial charge is 0.303 e. The molecule has 1 aromatic heterocycles. The fourth-order valence-corrected chi connectivity index (χ4v) is 2.43. The van der Waals surface area contributed by atoms with Crippen LogP contribution in [0, 0.1) is 0 Å². The molecule has 2 aromatic carbocycles. The minimum absolute atomic E-state index is 0.0968. The first-order valence-corrected chi connectivity index (χ1v) is 6.90. The third-order valence-corrected chi connectivity index (χ3v) is 3.44. The molecule has 0 radical (unpaired) electrons. The van der Waals surface area contributed by atoms with Crippen LogP contribution in [0.5, 0.6) is 0 Å². The molecule has 0 bridgehead atoms. The van der Waals surface area contributed by atoms with Crippen molar-refractivity contribution in [3.8, 4) is 11.3 Å². The van der Waals surface area contributed by atoms with Crippen LogP contribution in [0.25, 0.3) is 22.0 Å². The summed E-state index contributed by atoms with van der Waals surface area (Å²) in [7, 11) is 0. The van der Waals surface area contributed by atoms with Gasteiger partial charge in [0.15, 0.2) is 0 Å². The molecule has 0 spiro atoms. The van der Waals surface area contributed by atoms with Gasteiger partial charge in [-0.25, -0.2) is 0 Å². The molecule has 0 fully saturated rings. The molecule has 0 saturated carbocycles. The highest BCUT2D eigenvalue weighted by atomic mass is 16.4. The zero-order valence-corrected chi connectivity index (χ0v) is 11.5. The zero-order valence-electron chi connectivity index (χ0n) is 11.5. The molecule has 104 valence electrons. The number of nitrogens with zero attached hydrogens (tertiary/aromatic N) is 1. The molecular weight excluding hydrogens is 262 g/mol. The van der Waals surface area contributed by atoms with Crippen molar-refractivity contribution in [3.63, 3.8) is 0 Å². The van der Waals surface area contributed by atoms with Gasteiger partial charge in [-0.15, -0.1) is 0 Å². The van der Waals surface area contributed by atoms with E-state index in [4.69, 9.17) is 5.11 Å². The molecule has 0 aliphatic heterocycles. The lowest BCUT2D eigenvalue weighted by Crippen LogP contribution is -2.00. The molecule has 1 heterocycles. The number of hydrogen-bond donors (Lipinski definition) is 1. The largest absolute Gasteiger partial charge is 0.481 e. The standard InChI is InChI=1S/C18H15NO2/c20-17(21)11-10-15-12-14-8-4-5-9-16(14)18(19-15)13-6-2-1-3-7-13/h1-9,12H,10-11H2,(H,20,21). The summed E-state index contributed by atoms with van der Waals surface area (Å²) >= 11 is 0. The van der Waals surface area contributed by atoms with E-state index in [9.17, 15) is 4.79 Å². The number of carboxylic acid groups (broad SMARTS) is 1. The summed E-state index contributed by atoms with van der Waals surface area (Å²) in [5.74, 6) is -0.800. The van der Waals surface area contributed by atoms with Crippen molar-refractivity contribution in [1.82, 2.24) is 4.98 Å². The molecule has 0 amide bonds. The van der Waals surface area contributed by atoms with Gasteiger partial charge in [0.1, 0.15) is 0 Å². The first kappa shape index (κ1) is 13.3. The lowest BCUT2D eigenvalue weighted by molar-refractivity contribution is -0.136. The summed E-state index contributed by atoms with van der Waals surface area (Å²) in [4.78, 5) is 15.4. The van der Waals surface area contributed by atoms with Crippen LogP contribution in [0.15, 0.2) is 60.7 Å². The quantitative estimate of drug-likeness (QED) is 0.786. The van der Waals surface area contributed by atoms with E-state index in [-0.39, 0.29) is 6.42 Å². The van der Waals surface area contributed by atoms with Crippen molar-refractivity contribution in [3.05, 3.63) is 66.4 Å². The van der Waals surface area contributed by atoms with Gasteiger partial charge < -0.3 is 5.11 Å². The number of aliphatic carboxylic acids is 1. The maximum Gasteiger partial charge on any atom is 0.303 e. The second kappa shape index (κ2) is 5.75. The Morgan fingerprint density at radius 1 is 1.00 bits per heavy atom. The Hall–Kier alpha value is -2.68. The van der Waals surface area contributed by atoms with Gasteiger partial charge in [-0.2, -0.15) is 0 Å². The third-order valence-electron chi connectivity index (χ3n) is 3.44. The number of fused-ring (bicyclic) bond motifs is 1. The van der Waals surface area contributed by atoms with Gasteiger partial charge in [-0.1, -0.05) is 54.6 Å². The Bertz CT molecular complexity index is 782. The fraction of sp³-hybridized carbons (Fsp3) is 0.111. The lowest BCUT2D eigenvalue weighted by atomic mass is 10.0. The van der Waals surface area contributed by atoms with E-state index < -0.39 is 5.97 Å². The highest BCUT2D eigenvalue weighted by Gasteiger charge is 2.09. The average molecular weight is 277 g/mol. The topological polar surface area (TPSA) is 50.2 Å². The Balaban J connectivity index is 2.14. The predicted octanol–water partition coefficient (Wildman–Crippen LogP) is 3.92. The van der Waals surface area contributed by atoms with E-state index in [1.165, 1.54) is 0 Å². The van der Waals surface area contributed by atoms with Crippen molar-refractivity contribution >= 4 is 16.7 Å². The molecule has 0 saturated heterocycles. The highest BCUT2D eigenvalue weighted by Crippen LogP contribution is 2.27. The normalized spacial score (nSPS) is 10.7. The number of carbonyl (C=O) groups is 1. The van der Waals surface area contributed by atoms with Crippen LogP contribution in [0.4, 0.5) is 0 Å². The van der Waals surface area contributed by atoms with E-state index in [2.05, 4.69) is 4.98 Å². The van der Waals surface area contributed by atoms with Crippen LogP contribution < -0.4 is 0 Å². The Morgan fingerprint density at radius 2 is 1.71 bits per heavy atom. The Morgan fingerprint density at radius 3 is 2.48 bits per heavy atom. The van der Waals surface area contributed by atoms with Crippen LogP contribution in [-0.2, 0) is 11.2 Å². The van der Waals surface area contributed by atoms with E-state index in [1.807, 2.05) is 60.7 Å². The van der Waals surface area contributed by atoms with E-state index in [0.717, 1.165) is 27.7 Å². The molecule has 0 aliphatic carbocycles. The fourth-order valence-electron chi connectivity index (χ4n) is 2.43. The van der Waals surface area contributed by atoms with Gasteiger partial charge >= 0.3 is 5.97 Å².